The number of aryl methyl sites for hydroxylation is 1. The van der Waals surface area contributed by atoms with Crippen LogP contribution in [0, 0.1) is 0 Å². The van der Waals surface area contributed by atoms with E-state index in [1.807, 2.05) is 4.68 Å². The van der Waals surface area contributed by atoms with Crippen LogP contribution in [-0.2, 0) is 18.4 Å². The molecule has 3 nitrogen and oxygen atoms in total. The Balaban J connectivity index is 3.11. The lowest BCUT2D eigenvalue weighted by molar-refractivity contribution is 0.438. The summed E-state index contributed by atoms with van der Waals surface area (Å²) >= 11 is 0. The number of aromatic hydroxyl groups is 1. The van der Waals surface area contributed by atoms with Crippen LogP contribution in [0.4, 0.5) is 0 Å². The molecule has 0 bridgehead atoms. The Morgan fingerprint density at radius 3 is 2.29 bits per heavy atom. The van der Waals surface area contributed by atoms with Crippen LogP contribution in [-0.4, -0.2) is 14.9 Å². The minimum absolute atomic E-state index is 0.0932. The van der Waals surface area contributed by atoms with E-state index in [0.29, 0.717) is 5.75 Å². The lowest BCUT2D eigenvalue weighted by Gasteiger charge is -2.15. The van der Waals surface area contributed by atoms with Crippen LogP contribution in [0.5, 0.6) is 5.75 Å². The molecule has 17 heavy (non-hydrogen) atoms. The van der Waals surface area contributed by atoms with Crippen LogP contribution in [0.3, 0.4) is 0 Å². The summed E-state index contributed by atoms with van der Waals surface area (Å²) in [6.45, 7) is 11.5. The molecule has 0 aromatic carbocycles. The van der Waals surface area contributed by atoms with E-state index in [4.69, 9.17) is 0 Å². The van der Waals surface area contributed by atoms with E-state index in [2.05, 4.69) is 39.7 Å². The standard InChI is InChI=1S/C14H26N2O/c1-6-8-9-11-12(17)13(14(3,4)5)15-16(11)10-7-2/h17H,6-10H2,1-5H3. The van der Waals surface area contributed by atoms with E-state index in [0.717, 1.165) is 43.6 Å². The Morgan fingerprint density at radius 2 is 1.82 bits per heavy atom. The number of aromatic nitrogens is 2. The van der Waals surface area contributed by atoms with Crippen LogP contribution < -0.4 is 0 Å². The van der Waals surface area contributed by atoms with Gasteiger partial charge in [-0.1, -0.05) is 41.0 Å². The van der Waals surface area contributed by atoms with E-state index in [1.54, 1.807) is 0 Å². The molecule has 0 aliphatic carbocycles. The van der Waals surface area contributed by atoms with Crippen LogP contribution in [0.2, 0.25) is 0 Å². The zero-order valence-corrected chi connectivity index (χ0v) is 11.9. The van der Waals surface area contributed by atoms with Gasteiger partial charge in [0.05, 0.1) is 5.69 Å². The number of nitrogens with zero attached hydrogens (tertiary/aromatic N) is 2. The fourth-order valence-corrected chi connectivity index (χ4v) is 1.98. The summed E-state index contributed by atoms with van der Waals surface area (Å²) in [5.41, 5.74) is 1.75. The van der Waals surface area contributed by atoms with Gasteiger partial charge in [0, 0.05) is 12.0 Å². The molecule has 0 aliphatic rings. The summed E-state index contributed by atoms with van der Waals surface area (Å²) in [7, 11) is 0. The SMILES string of the molecule is CCCCc1c(O)c(C(C)(C)C)nn1CCC. The summed E-state index contributed by atoms with van der Waals surface area (Å²) in [5.74, 6) is 0.416. The van der Waals surface area contributed by atoms with Gasteiger partial charge in [-0.2, -0.15) is 5.10 Å². The van der Waals surface area contributed by atoms with Gasteiger partial charge in [-0.3, -0.25) is 4.68 Å². The second-order valence-electron chi connectivity index (χ2n) is 5.72. The molecular weight excluding hydrogens is 212 g/mol. The predicted molar refractivity (Wildman–Crippen MR) is 71.5 cm³/mol. The fourth-order valence-electron chi connectivity index (χ4n) is 1.98. The maximum Gasteiger partial charge on any atom is 0.160 e. The minimum atomic E-state index is -0.0932. The van der Waals surface area contributed by atoms with Crippen molar-refractivity contribution >= 4 is 0 Å². The van der Waals surface area contributed by atoms with Crippen molar-refractivity contribution in [2.45, 2.75) is 72.3 Å². The van der Waals surface area contributed by atoms with Crippen molar-refractivity contribution in [3.63, 3.8) is 0 Å². The quantitative estimate of drug-likeness (QED) is 0.850. The molecule has 98 valence electrons. The third-order valence-electron chi connectivity index (χ3n) is 2.94. The number of hydrogen-bond acceptors (Lipinski definition) is 2. The van der Waals surface area contributed by atoms with Crippen LogP contribution in [0.25, 0.3) is 0 Å². The average Bonchev–Trinajstić information content (AvgIpc) is 2.53. The molecule has 0 radical (unpaired) electrons. The highest BCUT2D eigenvalue weighted by molar-refractivity contribution is 5.36. The Morgan fingerprint density at radius 1 is 1.18 bits per heavy atom. The Bertz CT molecular complexity index is 361. The third-order valence-corrected chi connectivity index (χ3v) is 2.94. The van der Waals surface area contributed by atoms with Crippen molar-refractivity contribution in [3.8, 4) is 5.75 Å². The molecule has 1 heterocycles. The maximum absolute atomic E-state index is 10.3. The van der Waals surface area contributed by atoms with Crippen molar-refractivity contribution in [1.82, 2.24) is 9.78 Å². The van der Waals surface area contributed by atoms with Gasteiger partial charge in [-0.05, 0) is 19.3 Å². The minimum Gasteiger partial charge on any atom is -0.504 e. The third kappa shape index (κ3) is 3.24. The summed E-state index contributed by atoms with van der Waals surface area (Å²) in [5, 5.41) is 14.9. The van der Waals surface area contributed by atoms with Crippen molar-refractivity contribution in [3.05, 3.63) is 11.4 Å². The molecule has 0 unspecified atom stereocenters. The van der Waals surface area contributed by atoms with E-state index in [-0.39, 0.29) is 5.41 Å². The van der Waals surface area contributed by atoms with E-state index in [9.17, 15) is 5.11 Å². The maximum atomic E-state index is 10.3. The van der Waals surface area contributed by atoms with Crippen molar-refractivity contribution < 1.29 is 5.11 Å². The van der Waals surface area contributed by atoms with Gasteiger partial charge in [0.25, 0.3) is 0 Å². The summed E-state index contributed by atoms with van der Waals surface area (Å²) in [6.07, 6.45) is 4.21. The molecule has 0 aliphatic heterocycles. The summed E-state index contributed by atoms with van der Waals surface area (Å²) in [4.78, 5) is 0. The fraction of sp³-hybridized carbons (Fsp3) is 0.786. The molecule has 0 fully saturated rings. The van der Waals surface area contributed by atoms with E-state index in [1.165, 1.54) is 0 Å². The normalized spacial score (nSPS) is 12.1. The van der Waals surface area contributed by atoms with Gasteiger partial charge >= 0.3 is 0 Å². The van der Waals surface area contributed by atoms with E-state index < -0.39 is 0 Å². The van der Waals surface area contributed by atoms with Crippen LogP contribution in [0.1, 0.15) is 65.3 Å². The molecule has 1 N–H and O–H groups in total. The predicted octanol–water partition coefficient (Wildman–Crippen LogP) is 3.64. The average molecular weight is 238 g/mol. The first kappa shape index (κ1) is 14.1. The first-order valence-electron chi connectivity index (χ1n) is 6.70. The Kier molecular flexibility index (Phi) is 4.61. The first-order valence-corrected chi connectivity index (χ1v) is 6.70. The highest BCUT2D eigenvalue weighted by Crippen LogP contribution is 2.33. The molecule has 3 heteroatoms. The molecular formula is C14H26N2O. The highest BCUT2D eigenvalue weighted by atomic mass is 16.3. The lowest BCUT2D eigenvalue weighted by atomic mass is 9.91. The van der Waals surface area contributed by atoms with Crippen LogP contribution in [0.15, 0.2) is 0 Å². The monoisotopic (exact) mass is 238 g/mol. The Labute approximate surface area is 105 Å². The molecule has 0 saturated heterocycles. The molecule has 0 saturated carbocycles. The van der Waals surface area contributed by atoms with E-state index >= 15 is 0 Å². The lowest BCUT2D eigenvalue weighted by Crippen LogP contribution is -2.13. The van der Waals surface area contributed by atoms with Gasteiger partial charge < -0.3 is 5.11 Å². The number of rotatable bonds is 5. The van der Waals surface area contributed by atoms with Crippen LogP contribution >= 0.6 is 0 Å². The first-order chi connectivity index (χ1) is 7.91. The van der Waals surface area contributed by atoms with Crippen molar-refractivity contribution in [2.24, 2.45) is 0 Å². The van der Waals surface area contributed by atoms with Gasteiger partial charge in [0.15, 0.2) is 5.75 Å². The largest absolute Gasteiger partial charge is 0.504 e. The topological polar surface area (TPSA) is 38.1 Å². The van der Waals surface area contributed by atoms with Gasteiger partial charge in [-0.25, -0.2) is 0 Å². The smallest absolute Gasteiger partial charge is 0.160 e. The molecule has 0 atom stereocenters. The van der Waals surface area contributed by atoms with Crippen molar-refractivity contribution in [1.29, 1.82) is 0 Å². The summed E-state index contributed by atoms with van der Waals surface area (Å²) < 4.78 is 1.99. The summed E-state index contributed by atoms with van der Waals surface area (Å²) in [6, 6.07) is 0. The molecule has 1 aromatic rings. The highest BCUT2D eigenvalue weighted by Gasteiger charge is 2.25. The van der Waals surface area contributed by atoms with Gasteiger partial charge in [0.2, 0.25) is 0 Å². The van der Waals surface area contributed by atoms with Crippen molar-refractivity contribution in [2.75, 3.05) is 0 Å². The number of hydrogen-bond donors (Lipinski definition) is 1. The Hall–Kier alpha value is -0.990. The van der Waals surface area contributed by atoms with Gasteiger partial charge in [0.1, 0.15) is 5.69 Å². The van der Waals surface area contributed by atoms with Gasteiger partial charge in [-0.15, -0.1) is 0 Å². The number of unbranched alkanes of at least 4 members (excludes halogenated alkanes) is 1. The zero-order chi connectivity index (χ0) is 13.1. The molecule has 0 spiro atoms. The second kappa shape index (κ2) is 5.56. The molecule has 1 aromatic heterocycles. The molecule has 1 rings (SSSR count). The second-order valence-corrected chi connectivity index (χ2v) is 5.72. The zero-order valence-electron chi connectivity index (χ0n) is 11.9. The molecule has 0 amide bonds.